The van der Waals surface area contributed by atoms with Crippen LogP contribution in [0.2, 0.25) is 0 Å². The van der Waals surface area contributed by atoms with Crippen molar-refractivity contribution in [3.05, 3.63) is 22.2 Å². The lowest BCUT2D eigenvalue weighted by Crippen LogP contribution is -2.39. The van der Waals surface area contributed by atoms with E-state index in [9.17, 15) is 13.2 Å². The lowest BCUT2D eigenvalue weighted by atomic mass is 9.99. The van der Waals surface area contributed by atoms with Crippen LogP contribution in [0.1, 0.15) is 38.2 Å². The van der Waals surface area contributed by atoms with Crippen LogP contribution in [-0.2, 0) is 21.2 Å². The molecule has 4 rings (SSSR count). The van der Waals surface area contributed by atoms with E-state index in [1.165, 1.54) is 12.8 Å². The minimum atomic E-state index is -3.69. The molecule has 0 spiro atoms. The number of amides is 1. The maximum Gasteiger partial charge on any atom is 0.242 e. The van der Waals surface area contributed by atoms with Gasteiger partial charge in [0.1, 0.15) is 4.90 Å². The number of rotatable bonds is 6. The molecule has 1 saturated heterocycles. The maximum absolute atomic E-state index is 13.1. The van der Waals surface area contributed by atoms with Gasteiger partial charge in [0, 0.05) is 30.0 Å². The molecule has 0 aromatic heterocycles. The number of sulfonamides is 1. The summed E-state index contributed by atoms with van der Waals surface area (Å²) in [6, 6.07) is 3.56. The normalized spacial score (nSPS) is 21.1. The molecule has 0 bridgehead atoms. The van der Waals surface area contributed by atoms with Crippen molar-refractivity contribution < 1.29 is 13.2 Å². The molecule has 6 nitrogen and oxygen atoms in total. The van der Waals surface area contributed by atoms with Gasteiger partial charge in [-0.3, -0.25) is 4.79 Å². The summed E-state index contributed by atoms with van der Waals surface area (Å²) in [5, 5.41) is 0. The predicted molar refractivity (Wildman–Crippen MR) is 113 cm³/mol. The third-order valence-electron chi connectivity index (χ3n) is 6.07. The number of nitrogens with zero attached hydrogens (tertiary/aromatic N) is 2. The van der Waals surface area contributed by atoms with E-state index in [4.69, 9.17) is 0 Å². The first-order valence-corrected chi connectivity index (χ1v) is 12.5. The first-order valence-electron chi connectivity index (χ1n) is 10.2. The monoisotopic (exact) mass is 469 g/mol. The van der Waals surface area contributed by atoms with Crippen LogP contribution in [0.3, 0.4) is 0 Å². The Kier molecular flexibility index (Phi) is 5.84. The Morgan fingerprint density at radius 2 is 1.89 bits per heavy atom. The topological polar surface area (TPSA) is 69.7 Å². The molecule has 2 heterocycles. The number of nitrogens with one attached hydrogen (secondary N) is 1. The smallest absolute Gasteiger partial charge is 0.242 e. The highest BCUT2D eigenvalue weighted by atomic mass is 79.9. The average Bonchev–Trinajstić information content (AvgIpc) is 3.42. The van der Waals surface area contributed by atoms with E-state index in [0.717, 1.165) is 41.9 Å². The number of hydrogen-bond donors (Lipinski definition) is 1. The second kappa shape index (κ2) is 8.05. The fourth-order valence-corrected chi connectivity index (χ4v) is 6.10. The lowest BCUT2D eigenvalue weighted by molar-refractivity contribution is -0.119. The van der Waals surface area contributed by atoms with Gasteiger partial charge >= 0.3 is 0 Å². The molecule has 1 saturated carbocycles. The Morgan fingerprint density at radius 1 is 1.18 bits per heavy atom. The van der Waals surface area contributed by atoms with Gasteiger partial charge in [0.15, 0.2) is 0 Å². The number of piperidine rings is 1. The van der Waals surface area contributed by atoms with Crippen molar-refractivity contribution in [2.75, 3.05) is 37.6 Å². The van der Waals surface area contributed by atoms with Crippen LogP contribution in [0.25, 0.3) is 0 Å². The molecule has 3 aliphatic rings. The van der Waals surface area contributed by atoms with E-state index in [-0.39, 0.29) is 16.7 Å². The molecule has 1 aromatic carbocycles. The van der Waals surface area contributed by atoms with Gasteiger partial charge in [-0.05, 0) is 68.8 Å². The zero-order valence-corrected chi connectivity index (χ0v) is 18.7. The van der Waals surface area contributed by atoms with E-state index in [1.54, 1.807) is 11.0 Å². The van der Waals surface area contributed by atoms with Gasteiger partial charge in [0.05, 0.1) is 5.69 Å². The van der Waals surface area contributed by atoms with Gasteiger partial charge in [-0.1, -0.05) is 22.9 Å². The number of hydrogen-bond acceptors (Lipinski definition) is 4. The molecule has 1 aliphatic carbocycles. The van der Waals surface area contributed by atoms with Crippen LogP contribution in [-0.4, -0.2) is 51.9 Å². The van der Waals surface area contributed by atoms with E-state index in [1.807, 2.05) is 6.07 Å². The number of halogens is 1. The van der Waals surface area contributed by atoms with Crippen molar-refractivity contribution in [1.29, 1.82) is 0 Å². The first kappa shape index (κ1) is 20.3. The Labute approximate surface area is 175 Å². The van der Waals surface area contributed by atoms with Gasteiger partial charge in [-0.2, -0.15) is 0 Å². The van der Waals surface area contributed by atoms with Crippen molar-refractivity contribution in [3.8, 4) is 0 Å². The van der Waals surface area contributed by atoms with Crippen LogP contribution in [0.4, 0.5) is 5.69 Å². The third kappa shape index (κ3) is 4.30. The molecule has 154 valence electrons. The lowest BCUT2D eigenvalue weighted by Gasteiger charge is -2.30. The summed E-state index contributed by atoms with van der Waals surface area (Å²) >= 11 is 3.44. The van der Waals surface area contributed by atoms with Crippen molar-refractivity contribution >= 4 is 37.5 Å². The largest absolute Gasteiger partial charge is 0.310 e. The molecule has 8 heteroatoms. The van der Waals surface area contributed by atoms with E-state index < -0.39 is 10.0 Å². The quantitative estimate of drug-likeness (QED) is 0.695. The van der Waals surface area contributed by atoms with Crippen molar-refractivity contribution in [1.82, 2.24) is 9.62 Å². The summed E-state index contributed by atoms with van der Waals surface area (Å²) in [5.74, 6) is 0.895. The number of carbonyl (C=O) groups excluding carboxylic acids is 1. The fraction of sp³-hybridized carbons (Fsp3) is 0.650. The van der Waals surface area contributed by atoms with Gasteiger partial charge in [0.25, 0.3) is 0 Å². The van der Waals surface area contributed by atoms with Crippen LogP contribution >= 0.6 is 15.9 Å². The fourth-order valence-electron chi connectivity index (χ4n) is 4.15. The third-order valence-corrected chi connectivity index (χ3v) is 8.00. The van der Waals surface area contributed by atoms with Crippen LogP contribution < -0.4 is 9.62 Å². The number of anilines is 1. The van der Waals surface area contributed by atoms with Crippen LogP contribution in [0, 0.1) is 11.8 Å². The zero-order valence-electron chi connectivity index (χ0n) is 16.3. The van der Waals surface area contributed by atoms with Crippen molar-refractivity contribution in [2.24, 2.45) is 11.8 Å². The van der Waals surface area contributed by atoms with E-state index in [0.29, 0.717) is 31.7 Å². The summed E-state index contributed by atoms with van der Waals surface area (Å²) in [4.78, 5) is 16.9. The van der Waals surface area contributed by atoms with Crippen molar-refractivity contribution in [3.63, 3.8) is 0 Å². The Hall–Kier alpha value is -0.960. The highest BCUT2D eigenvalue weighted by molar-refractivity contribution is 9.10. The molecule has 2 aliphatic heterocycles. The second-order valence-corrected chi connectivity index (χ2v) is 11.0. The highest BCUT2D eigenvalue weighted by Crippen LogP contribution is 2.41. The van der Waals surface area contributed by atoms with Gasteiger partial charge in [-0.25, -0.2) is 13.1 Å². The average molecular weight is 470 g/mol. The Balaban J connectivity index is 1.50. The predicted octanol–water partition coefficient (Wildman–Crippen LogP) is 2.76. The second-order valence-electron chi connectivity index (χ2n) is 8.35. The first-order chi connectivity index (χ1) is 13.3. The Morgan fingerprint density at radius 3 is 2.57 bits per heavy atom. The zero-order chi connectivity index (χ0) is 19.9. The standard InChI is InChI=1S/C20H28BrN3O3S/c1-14-4-8-23(9-5-14)11-7-22-28(26,27)18-13-17(21)12-16-6-10-24(19(16)18)20(25)15-2-3-15/h12-15,22H,2-11H2,1H3. The molecule has 1 amide bonds. The number of carbonyl (C=O) groups is 1. The van der Waals surface area contributed by atoms with E-state index >= 15 is 0 Å². The van der Waals surface area contributed by atoms with Crippen molar-refractivity contribution in [2.45, 2.75) is 43.9 Å². The molecule has 1 aromatic rings. The van der Waals surface area contributed by atoms with Gasteiger partial charge < -0.3 is 9.80 Å². The SMILES string of the molecule is CC1CCN(CCNS(=O)(=O)c2cc(Br)cc3c2N(C(=O)C2CC2)CC3)CC1. The van der Waals surface area contributed by atoms with E-state index in [2.05, 4.69) is 32.5 Å². The maximum atomic E-state index is 13.1. The van der Waals surface area contributed by atoms with Crippen LogP contribution in [0.5, 0.6) is 0 Å². The molecule has 1 N–H and O–H groups in total. The van der Waals surface area contributed by atoms with Gasteiger partial charge in [-0.15, -0.1) is 0 Å². The number of likely N-dealkylation sites (tertiary alicyclic amines) is 1. The minimum Gasteiger partial charge on any atom is -0.310 e. The summed E-state index contributed by atoms with van der Waals surface area (Å²) in [6.07, 6.45) is 4.86. The molecule has 0 radical (unpaired) electrons. The Bertz CT molecular complexity index is 862. The molecule has 0 unspecified atom stereocenters. The van der Waals surface area contributed by atoms with Crippen LogP contribution in [0.15, 0.2) is 21.5 Å². The molecule has 0 atom stereocenters. The highest BCUT2D eigenvalue weighted by Gasteiger charge is 2.39. The number of benzene rings is 1. The summed E-state index contributed by atoms with van der Waals surface area (Å²) in [6.45, 7) is 5.98. The van der Waals surface area contributed by atoms with Gasteiger partial charge in [0.2, 0.25) is 15.9 Å². The summed E-state index contributed by atoms with van der Waals surface area (Å²) in [7, 11) is -3.69. The minimum absolute atomic E-state index is 0.0691. The number of fused-ring (bicyclic) bond motifs is 1. The summed E-state index contributed by atoms with van der Waals surface area (Å²) in [5.41, 5.74) is 1.51. The molecular weight excluding hydrogens is 442 g/mol. The summed E-state index contributed by atoms with van der Waals surface area (Å²) < 4.78 is 29.7. The molecule has 28 heavy (non-hydrogen) atoms. The molecular formula is C20H28BrN3O3S. The molecule has 2 fully saturated rings.